The second kappa shape index (κ2) is 10.2. The quantitative estimate of drug-likeness (QED) is 0.449. The van der Waals surface area contributed by atoms with Crippen molar-refractivity contribution in [1.29, 1.82) is 0 Å². The van der Waals surface area contributed by atoms with Crippen LogP contribution in [0.15, 0.2) is 46.3 Å². The Balaban J connectivity index is 1.39. The van der Waals surface area contributed by atoms with Crippen LogP contribution >= 0.6 is 11.3 Å². The first-order valence-corrected chi connectivity index (χ1v) is 13.9. The van der Waals surface area contributed by atoms with Crippen LogP contribution in [0.1, 0.15) is 12.8 Å². The van der Waals surface area contributed by atoms with Crippen molar-refractivity contribution in [3.63, 3.8) is 0 Å². The van der Waals surface area contributed by atoms with Crippen molar-refractivity contribution in [2.75, 3.05) is 33.4 Å². The lowest BCUT2D eigenvalue weighted by Crippen LogP contribution is -2.40. The topological polar surface area (TPSA) is 116 Å². The third kappa shape index (κ3) is 5.11. The van der Waals surface area contributed by atoms with Crippen LogP contribution in [-0.4, -0.2) is 62.6 Å². The summed E-state index contributed by atoms with van der Waals surface area (Å²) in [6.07, 6.45) is 0.585. The first kappa shape index (κ1) is 25.4. The number of methoxy groups -OCH3 is 1. The number of amides is 1. The van der Waals surface area contributed by atoms with Crippen molar-refractivity contribution >= 4 is 43.5 Å². The van der Waals surface area contributed by atoms with Crippen molar-refractivity contribution in [3.8, 4) is 11.5 Å². The van der Waals surface area contributed by atoms with Gasteiger partial charge in [-0.15, -0.1) is 0 Å². The minimum Gasteiger partial charge on any atom is -0.486 e. The fourth-order valence-corrected chi connectivity index (χ4v) is 6.84. The van der Waals surface area contributed by atoms with Gasteiger partial charge >= 0.3 is 5.97 Å². The van der Waals surface area contributed by atoms with Crippen LogP contribution in [0.5, 0.6) is 11.5 Å². The fraction of sp³-hybridized carbons (Fsp3) is 0.375. The Morgan fingerprint density at radius 3 is 2.41 bits per heavy atom. The van der Waals surface area contributed by atoms with Gasteiger partial charge in [-0.3, -0.25) is 9.59 Å². The first-order chi connectivity index (χ1) is 17.8. The molecule has 3 aromatic rings. The van der Waals surface area contributed by atoms with Gasteiger partial charge in [0.1, 0.15) is 25.6 Å². The highest BCUT2D eigenvalue weighted by molar-refractivity contribution is 7.89. The number of halogens is 1. The highest BCUT2D eigenvalue weighted by Crippen LogP contribution is 2.35. The molecule has 1 fully saturated rings. The maximum Gasteiger partial charge on any atom is 0.325 e. The average Bonchev–Trinajstić information content (AvgIpc) is 3.22. The number of esters is 1. The lowest BCUT2D eigenvalue weighted by molar-refractivity contribution is -0.141. The van der Waals surface area contributed by atoms with Crippen molar-refractivity contribution in [2.24, 2.45) is 10.9 Å². The van der Waals surface area contributed by atoms with Crippen molar-refractivity contribution in [3.05, 3.63) is 47.0 Å². The Morgan fingerprint density at radius 1 is 1.11 bits per heavy atom. The Bertz CT molecular complexity index is 1520. The number of sulfonamides is 1. The Hall–Kier alpha value is -3.29. The van der Waals surface area contributed by atoms with E-state index in [1.807, 2.05) is 0 Å². The van der Waals surface area contributed by atoms with Gasteiger partial charge in [0.25, 0.3) is 5.91 Å². The van der Waals surface area contributed by atoms with Gasteiger partial charge in [0.15, 0.2) is 16.3 Å². The van der Waals surface area contributed by atoms with Crippen LogP contribution in [0.25, 0.3) is 10.2 Å². The molecule has 5 rings (SSSR count). The van der Waals surface area contributed by atoms with Crippen LogP contribution in [0.2, 0.25) is 0 Å². The molecule has 196 valence electrons. The number of benzene rings is 2. The van der Waals surface area contributed by atoms with Gasteiger partial charge in [0, 0.05) is 31.1 Å². The van der Waals surface area contributed by atoms with E-state index in [0.29, 0.717) is 47.9 Å². The van der Waals surface area contributed by atoms with E-state index in [-0.39, 0.29) is 30.4 Å². The molecule has 2 aliphatic heterocycles. The molecule has 13 heteroatoms. The fourth-order valence-electron chi connectivity index (χ4n) is 4.32. The number of thiazole rings is 1. The Labute approximate surface area is 215 Å². The molecule has 0 unspecified atom stereocenters. The molecule has 0 bridgehead atoms. The predicted octanol–water partition coefficient (Wildman–Crippen LogP) is 2.31. The maximum atomic E-state index is 13.2. The Kier molecular flexibility index (Phi) is 7.01. The highest BCUT2D eigenvalue weighted by atomic mass is 32.2. The number of carbonyl (C=O) groups excluding carboxylic acids is 2. The molecule has 2 aromatic carbocycles. The van der Waals surface area contributed by atoms with Gasteiger partial charge in [0.05, 0.1) is 22.2 Å². The smallest absolute Gasteiger partial charge is 0.325 e. The SMILES string of the molecule is COC(=O)Cn1c(=NC(=O)C2CCN(S(=O)(=O)c3ccc(F)cc3)CC2)sc2cc3c(cc21)OCCO3. The molecule has 1 amide bonds. The normalized spacial score (nSPS) is 17.2. The average molecular weight is 550 g/mol. The van der Waals surface area contributed by atoms with Gasteiger partial charge in [-0.05, 0) is 37.1 Å². The predicted molar refractivity (Wildman–Crippen MR) is 131 cm³/mol. The lowest BCUT2D eigenvalue weighted by Gasteiger charge is -2.29. The molecule has 37 heavy (non-hydrogen) atoms. The summed E-state index contributed by atoms with van der Waals surface area (Å²) in [5.41, 5.74) is 0.659. The molecule has 0 radical (unpaired) electrons. The van der Waals surface area contributed by atoms with E-state index in [9.17, 15) is 22.4 Å². The van der Waals surface area contributed by atoms with Crippen LogP contribution in [0.4, 0.5) is 4.39 Å². The number of hydrogen-bond acceptors (Lipinski definition) is 8. The van der Waals surface area contributed by atoms with E-state index in [2.05, 4.69) is 4.99 Å². The molecule has 2 aliphatic rings. The summed E-state index contributed by atoms with van der Waals surface area (Å²) in [6.45, 7) is 0.974. The number of hydrogen-bond donors (Lipinski definition) is 0. The Morgan fingerprint density at radius 2 is 1.76 bits per heavy atom. The van der Waals surface area contributed by atoms with E-state index in [1.54, 1.807) is 16.7 Å². The third-order valence-electron chi connectivity index (χ3n) is 6.32. The first-order valence-electron chi connectivity index (χ1n) is 11.6. The lowest BCUT2D eigenvalue weighted by atomic mass is 9.98. The molecular formula is C24H24FN3O7S2. The van der Waals surface area contributed by atoms with Crippen LogP contribution in [-0.2, 0) is 30.9 Å². The number of nitrogens with zero attached hydrogens (tertiary/aromatic N) is 3. The van der Waals surface area contributed by atoms with Crippen molar-refractivity contribution < 1.29 is 36.6 Å². The number of carbonyl (C=O) groups is 2. The number of piperidine rings is 1. The molecule has 0 saturated carbocycles. The number of fused-ring (bicyclic) bond motifs is 2. The zero-order chi connectivity index (χ0) is 26.2. The molecule has 0 N–H and O–H groups in total. The summed E-state index contributed by atoms with van der Waals surface area (Å²) in [6, 6.07) is 8.21. The molecule has 1 aromatic heterocycles. The second-order valence-electron chi connectivity index (χ2n) is 8.59. The summed E-state index contributed by atoms with van der Waals surface area (Å²) < 4.78 is 58.8. The van der Waals surface area contributed by atoms with Gasteiger partial charge in [-0.25, -0.2) is 12.8 Å². The molecule has 0 spiro atoms. The van der Waals surface area contributed by atoms with E-state index in [4.69, 9.17) is 14.2 Å². The van der Waals surface area contributed by atoms with Gasteiger partial charge in [-0.1, -0.05) is 11.3 Å². The second-order valence-corrected chi connectivity index (χ2v) is 11.5. The van der Waals surface area contributed by atoms with Crippen LogP contribution in [0, 0.1) is 11.7 Å². The van der Waals surface area contributed by atoms with Gasteiger partial charge < -0.3 is 18.8 Å². The van der Waals surface area contributed by atoms with E-state index in [0.717, 1.165) is 16.8 Å². The molecule has 0 aliphatic carbocycles. The highest BCUT2D eigenvalue weighted by Gasteiger charge is 2.32. The summed E-state index contributed by atoms with van der Waals surface area (Å²) in [5.74, 6) is -0.753. The minimum absolute atomic E-state index is 0.00754. The largest absolute Gasteiger partial charge is 0.486 e. The molecule has 1 saturated heterocycles. The third-order valence-corrected chi connectivity index (χ3v) is 9.28. The number of ether oxygens (including phenoxy) is 3. The molecule has 10 nitrogen and oxygen atoms in total. The van der Waals surface area contributed by atoms with Crippen LogP contribution < -0.4 is 14.3 Å². The standard InChI is InChI=1S/C24H24FN3O7S2/c1-33-22(29)14-28-18-12-19-20(35-11-10-34-19)13-21(18)36-24(28)26-23(30)15-6-8-27(9-7-15)37(31,32)17-4-2-16(25)3-5-17/h2-5,12-13,15H,6-11,14H2,1H3. The zero-order valence-corrected chi connectivity index (χ0v) is 21.5. The zero-order valence-electron chi connectivity index (χ0n) is 19.9. The summed E-state index contributed by atoms with van der Waals surface area (Å²) in [5, 5.41) is 0. The summed E-state index contributed by atoms with van der Waals surface area (Å²) in [7, 11) is -2.50. The maximum absolute atomic E-state index is 13.2. The van der Waals surface area contributed by atoms with Crippen LogP contribution in [0.3, 0.4) is 0 Å². The molecule has 0 atom stereocenters. The van der Waals surface area contributed by atoms with E-state index < -0.39 is 27.7 Å². The minimum atomic E-state index is -3.79. The number of rotatable bonds is 5. The van der Waals surface area contributed by atoms with Gasteiger partial charge in [0.2, 0.25) is 10.0 Å². The monoisotopic (exact) mass is 549 g/mol. The van der Waals surface area contributed by atoms with E-state index in [1.165, 1.54) is 34.9 Å². The van der Waals surface area contributed by atoms with E-state index >= 15 is 0 Å². The molecule has 3 heterocycles. The number of aromatic nitrogens is 1. The molecular weight excluding hydrogens is 525 g/mol. The van der Waals surface area contributed by atoms with Crippen molar-refractivity contribution in [2.45, 2.75) is 24.3 Å². The summed E-state index contributed by atoms with van der Waals surface area (Å²) in [4.78, 5) is 29.9. The van der Waals surface area contributed by atoms with Gasteiger partial charge in [-0.2, -0.15) is 9.30 Å². The summed E-state index contributed by atoms with van der Waals surface area (Å²) >= 11 is 1.24. The van der Waals surface area contributed by atoms with Crippen molar-refractivity contribution in [1.82, 2.24) is 8.87 Å².